The van der Waals surface area contributed by atoms with Crippen molar-refractivity contribution in [3.8, 4) is 5.75 Å². The lowest BCUT2D eigenvalue weighted by molar-refractivity contribution is -0.191. The van der Waals surface area contributed by atoms with E-state index in [9.17, 15) is 14.7 Å². The van der Waals surface area contributed by atoms with E-state index in [4.69, 9.17) is 4.74 Å². The number of hydrogen-bond donors (Lipinski definition) is 3. The first-order valence-electron chi connectivity index (χ1n) is 11.9. The Morgan fingerprint density at radius 3 is 2.76 bits per heavy atom. The minimum atomic E-state index is -1.33. The van der Waals surface area contributed by atoms with E-state index < -0.39 is 22.6 Å². The van der Waals surface area contributed by atoms with Crippen LogP contribution < -0.4 is 10.1 Å². The van der Waals surface area contributed by atoms with E-state index >= 15 is 0 Å². The van der Waals surface area contributed by atoms with Crippen LogP contribution >= 0.6 is 0 Å². The van der Waals surface area contributed by atoms with Crippen LogP contribution in [0.15, 0.2) is 18.2 Å². The van der Waals surface area contributed by atoms with Crippen molar-refractivity contribution in [3.05, 3.63) is 35.0 Å². The summed E-state index contributed by atoms with van der Waals surface area (Å²) in [6, 6.07) is 3.90. The SMILES string of the molecule is CC1(C)C=Cc2c(ccc3c4c([nH]c23)C(C)(C)[C@H]2CC35CCCN3C(=O)C2(NC5=O)[C@@H]4O)O1. The summed E-state index contributed by atoms with van der Waals surface area (Å²) >= 11 is 0. The Hall–Kier alpha value is -2.80. The van der Waals surface area contributed by atoms with Gasteiger partial charge in [-0.15, -0.1) is 0 Å². The summed E-state index contributed by atoms with van der Waals surface area (Å²) in [6.07, 6.45) is 5.07. The highest BCUT2D eigenvalue weighted by Crippen LogP contribution is 2.62. The zero-order chi connectivity index (χ0) is 23.1. The van der Waals surface area contributed by atoms with Crippen molar-refractivity contribution in [1.29, 1.82) is 0 Å². The molecule has 0 saturated carbocycles. The molecule has 6 aliphatic rings. The molecule has 4 saturated heterocycles. The van der Waals surface area contributed by atoms with Crippen molar-refractivity contribution in [1.82, 2.24) is 15.2 Å². The van der Waals surface area contributed by atoms with Gasteiger partial charge >= 0.3 is 0 Å². The van der Waals surface area contributed by atoms with Crippen molar-refractivity contribution < 1.29 is 19.4 Å². The Kier molecular flexibility index (Phi) is 3.25. The number of piperidine rings is 2. The third-order valence-electron chi connectivity index (χ3n) is 9.18. The van der Waals surface area contributed by atoms with Crippen LogP contribution in [-0.2, 0) is 15.0 Å². The van der Waals surface area contributed by atoms with Gasteiger partial charge in [0.1, 0.15) is 23.0 Å². The fraction of sp³-hybridized carbons (Fsp3) is 0.538. The molecular weight excluding hydrogens is 418 g/mol. The highest BCUT2D eigenvalue weighted by Gasteiger charge is 2.75. The second-order valence-corrected chi connectivity index (χ2v) is 11.6. The number of piperazine rings is 1. The second kappa shape index (κ2) is 5.46. The summed E-state index contributed by atoms with van der Waals surface area (Å²) in [7, 11) is 0. The molecule has 33 heavy (non-hydrogen) atoms. The summed E-state index contributed by atoms with van der Waals surface area (Å²) in [5, 5.41) is 15.9. The van der Waals surface area contributed by atoms with Gasteiger partial charge in [0.15, 0.2) is 5.54 Å². The van der Waals surface area contributed by atoms with Gasteiger partial charge in [0.2, 0.25) is 5.91 Å². The maximum atomic E-state index is 13.9. The number of aliphatic hydroxyl groups is 1. The highest BCUT2D eigenvalue weighted by molar-refractivity contribution is 6.07. The molecule has 2 aromatic rings. The first kappa shape index (κ1) is 19.6. The molecule has 4 fully saturated rings. The van der Waals surface area contributed by atoms with E-state index in [2.05, 4.69) is 30.2 Å². The predicted molar refractivity (Wildman–Crippen MR) is 123 cm³/mol. The molecule has 4 atom stereocenters. The van der Waals surface area contributed by atoms with E-state index in [1.165, 1.54) is 0 Å². The fourth-order valence-electron chi connectivity index (χ4n) is 7.57. The lowest BCUT2D eigenvalue weighted by Crippen LogP contribution is -2.85. The number of H-pyrrole nitrogens is 1. The first-order chi connectivity index (χ1) is 15.5. The van der Waals surface area contributed by atoms with E-state index in [0.717, 1.165) is 39.9 Å². The van der Waals surface area contributed by atoms with Gasteiger partial charge in [-0.05, 0) is 57.4 Å². The molecule has 5 aliphatic heterocycles. The molecule has 2 amide bonds. The lowest BCUT2D eigenvalue weighted by Gasteiger charge is -2.65. The fourth-order valence-corrected chi connectivity index (χ4v) is 7.57. The molecule has 3 N–H and O–H groups in total. The number of ether oxygens (including phenoxy) is 1. The molecule has 1 aromatic carbocycles. The number of aliphatic hydroxyl groups excluding tert-OH is 1. The van der Waals surface area contributed by atoms with Crippen LogP contribution in [0.1, 0.15) is 69.9 Å². The number of carbonyl (C=O) groups excluding carboxylic acids is 2. The Bertz CT molecular complexity index is 1320. The number of carbonyl (C=O) groups is 2. The van der Waals surface area contributed by atoms with Crippen LogP contribution in [0.2, 0.25) is 0 Å². The van der Waals surface area contributed by atoms with Crippen molar-refractivity contribution in [3.63, 3.8) is 0 Å². The smallest absolute Gasteiger partial charge is 0.252 e. The van der Waals surface area contributed by atoms with Crippen LogP contribution in [-0.4, -0.2) is 50.0 Å². The molecule has 7 nitrogen and oxygen atoms in total. The minimum Gasteiger partial charge on any atom is -0.483 e. The number of fused-ring (bicyclic) bond motifs is 6. The molecule has 2 unspecified atom stereocenters. The van der Waals surface area contributed by atoms with Crippen LogP contribution in [0.3, 0.4) is 0 Å². The molecule has 0 radical (unpaired) electrons. The van der Waals surface area contributed by atoms with Crippen molar-refractivity contribution >= 4 is 28.8 Å². The van der Waals surface area contributed by atoms with Crippen LogP contribution in [0.4, 0.5) is 0 Å². The number of hydrogen-bond acceptors (Lipinski definition) is 4. The molecule has 2 spiro atoms. The average molecular weight is 448 g/mol. The van der Waals surface area contributed by atoms with Gasteiger partial charge in [0.05, 0.1) is 5.52 Å². The zero-order valence-electron chi connectivity index (χ0n) is 19.4. The lowest BCUT2D eigenvalue weighted by atomic mass is 9.50. The maximum Gasteiger partial charge on any atom is 0.252 e. The third-order valence-corrected chi connectivity index (χ3v) is 9.18. The van der Waals surface area contributed by atoms with E-state index in [0.29, 0.717) is 19.4 Å². The van der Waals surface area contributed by atoms with E-state index in [1.54, 1.807) is 4.90 Å². The van der Waals surface area contributed by atoms with Crippen LogP contribution in [0, 0.1) is 5.92 Å². The Morgan fingerprint density at radius 1 is 1.18 bits per heavy atom. The van der Waals surface area contributed by atoms with Crippen molar-refractivity contribution in [2.45, 2.75) is 75.2 Å². The van der Waals surface area contributed by atoms with E-state index in [1.807, 2.05) is 32.1 Å². The molecule has 6 heterocycles. The number of aromatic nitrogens is 1. The van der Waals surface area contributed by atoms with Gasteiger partial charge in [0, 0.05) is 40.1 Å². The monoisotopic (exact) mass is 447 g/mol. The average Bonchev–Trinajstić information content (AvgIpc) is 3.36. The third kappa shape index (κ3) is 1.99. The Morgan fingerprint density at radius 2 is 1.97 bits per heavy atom. The summed E-state index contributed by atoms with van der Waals surface area (Å²) < 4.78 is 6.17. The summed E-state index contributed by atoms with van der Waals surface area (Å²) in [4.78, 5) is 32.7. The van der Waals surface area contributed by atoms with Gasteiger partial charge in [-0.25, -0.2) is 0 Å². The van der Waals surface area contributed by atoms with Crippen LogP contribution in [0.5, 0.6) is 5.75 Å². The minimum absolute atomic E-state index is 0.107. The highest BCUT2D eigenvalue weighted by atomic mass is 16.5. The molecule has 1 aliphatic carbocycles. The number of nitrogens with one attached hydrogen (secondary N) is 2. The number of amides is 2. The maximum absolute atomic E-state index is 13.9. The van der Waals surface area contributed by atoms with Crippen molar-refractivity contribution in [2.75, 3.05) is 6.54 Å². The normalized spacial score (nSPS) is 36.7. The Labute approximate surface area is 192 Å². The molecule has 1 aromatic heterocycles. The number of aromatic amines is 1. The number of benzene rings is 1. The predicted octanol–water partition coefficient (Wildman–Crippen LogP) is 2.93. The largest absolute Gasteiger partial charge is 0.483 e. The Balaban J connectivity index is 1.50. The van der Waals surface area contributed by atoms with E-state index in [-0.39, 0.29) is 23.3 Å². The molecule has 172 valence electrons. The molecule has 2 bridgehead atoms. The van der Waals surface area contributed by atoms with Gasteiger partial charge in [0.25, 0.3) is 5.91 Å². The topological polar surface area (TPSA) is 94.7 Å². The first-order valence-corrected chi connectivity index (χ1v) is 11.9. The zero-order valence-corrected chi connectivity index (χ0v) is 19.4. The standard InChI is InChI=1S/C26H29N3O4/c1-23(2)10-8-13-15(33-23)7-6-14-17-19(27-18(13)14)24(3,4)16-12-25-9-5-11-29(25)22(32)26(16,20(17)30)28-21(25)31/h6-8,10,16,20,27,30H,5,9,11-12H2,1-4H3,(H,28,31)/t16-,20-,25?,26?/m1/s1. The summed E-state index contributed by atoms with van der Waals surface area (Å²) in [5.74, 6) is 0.354. The quantitative estimate of drug-likeness (QED) is 0.579. The molecular formula is C26H29N3O4. The van der Waals surface area contributed by atoms with Gasteiger partial charge in [-0.2, -0.15) is 0 Å². The number of rotatable bonds is 0. The summed E-state index contributed by atoms with van der Waals surface area (Å²) in [5.41, 5.74) is 0.564. The van der Waals surface area contributed by atoms with Gasteiger partial charge < -0.3 is 25.0 Å². The van der Waals surface area contributed by atoms with Crippen LogP contribution in [0.25, 0.3) is 17.0 Å². The summed E-state index contributed by atoms with van der Waals surface area (Å²) in [6.45, 7) is 8.89. The van der Waals surface area contributed by atoms with Gasteiger partial charge in [-0.3, -0.25) is 9.59 Å². The second-order valence-electron chi connectivity index (χ2n) is 11.6. The molecule has 7 heteroatoms. The van der Waals surface area contributed by atoms with Crippen molar-refractivity contribution in [2.24, 2.45) is 5.92 Å². The number of nitrogens with zero attached hydrogens (tertiary/aromatic N) is 1. The molecule has 8 rings (SSSR count). The van der Waals surface area contributed by atoms with Gasteiger partial charge in [-0.1, -0.05) is 13.8 Å².